The van der Waals surface area contributed by atoms with Crippen molar-refractivity contribution in [2.24, 2.45) is 0 Å². The highest BCUT2D eigenvalue weighted by molar-refractivity contribution is 5.84. The molecule has 2 rings (SSSR count). The second kappa shape index (κ2) is 5.23. The van der Waals surface area contributed by atoms with Crippen LogP contribution in [0.2, 0.25) is 0 Å². The molecule has 0 saturated carbocycles. The van der Waals surface area contributed by atoms with Crippen LogP contribution in [0.25, 0.3) is 10.9 Å². The highest BCUT2D eigenvalue weighted by Gasteiger charge is 2.05. The molecule has 17 heavy (non-hydrogen) atoms. The zero-order chi connectivity index (χ0) is 12.3. The van der Waals surface area contributed by atoms with Gasteiger partial charge in [0.1, 0.15) is 5.75 Å². The van der Waals surface area contributed by atoms with Crippen molar-refractivity contribution < 1.29 is 5.11 Å². The van der Waals surface area contributed by atoms with Crippen LogP contribution >= 0.6 is 0 Å². The first-order valence-electron chi connectivity index (χ1n) is 6.23. The summed E-state index contributed by atoms with van der Waals surface area (Å²) in [6, 6.07) is 6.01. The van der Waals surface area contributed by atoms with Crippen molar-refractivity contribution >= 4 is 10.9 Å². The maximum atomic E-state index is 9.50. The second-order valence-electron chi connectivity index (χ2n) is 4.56. The third kappa shape index (κ3) is 2.80. The van der Waals surface area contributed by atoms with Crippen LogP contribution in [-0.4, -0.2) is 22.7 Å². The number of benzene rings is 1. The number of rotatable bonds is 5. The Hall–Kier alpha value is -1.48. The molecule has 3 nitrogen and oxygen atoms in total. The first kappa shape index (κ1) is 12.0. The lowest BCUT2D eigenvalue weighted by molar-refractivity contribution is 0.476. The molecule has 1 unspecified atom stereocenters. The molecule has 0 amide bonds. The Labute approximate surface area is 102 Å². The highest BCUT2D eigenvalue weighted by atomic mass is 16.3. The van der Waals surface area contributed by atoms with Gasteiger partial charge in [-0.25, -0.2) is 0 Å². The van der Waals surface area contributed by atoms with Crippen LogP contribution < -0.4 is 5.32 Å². The van der Waals surface area contributed by atoms with E-state index in [1.54, 1.807) is 6.07 Å². The van der Waals surface area contributed by atoms with Crippen molar-refractivity contribution in [3.05, 3.63) is 30.0 Å². The lowest BCUT2D eigenvalue weighted by atomic mass is 10.1. The first-order valence-corrected chi connectivity index (χ1v) is 6.23. The topological polar surface area (TPSA) is 48.0 Å². The van der Waals surface area contributed by atoms with Crippen LogP contribution in [-0.2, 0) is 6.42 Å². The summed E-state index contributed by atoms with van der Waals surface area (Å²) >= 11 is 0. The zero-order valence-corrected chi connectivity index (χ0v) is 10.5. The van der Waals surface area contributed by atoms with E-state index in [1.807, 2.05) is 18.3 Å². The lowest BCUT2D eigenvalue weighted by Crippen LogP contribution is -2.27. The van der Waals surface area contributed by atoms with Gasteiger partial charge in [-0.05, 0) is 50.1 Å². The van der Waals surface area contributed by atoms with E-state index in [-0.39, 0.29) is 0 Å². The van der Waals surface area contributed by atoms with Crippen molar-refractivity contribution in [3.63, 3.8) is 0 Å². The predicted molar refractivity (Wildman–Crippen MR) is 71.4 cm³/mol. The molecule has 0 aliphatic carbocycles. The summed E-state index contributed by atoms with van der Waals surface area (Å²) < 4.78 is 0. The van der Waals surface area contributed by atoms with Gasteiger partial charge in [0.05, 0.1) is 0 Å². The van der Waals surface area contributed by atoms with Crippen LogP contribution in [0.15, 0.2) is 24.4 Å². The monoisotopic (exact) mass is 232 g/mol. The van der Waals surface area contributed by atoms with Gasteiger partial charge >= 0.3 is 0 Å². The minimum absolute atomic E-state index is 0.327. The van der Waals surface area contributed by atoms with Crippen molar-refractivity contribution in [1.29, 1.82) is 0 Å². The molecule has 3 heteroatoms. The standard InChI is InChI=1S/C14H20N2O/c1-3-10(2)15-7-6-11-9-16-14-5-4-12(17)8-13(11)14/h4-5,8-10,15-17H,3,6-7H2,1-2H3. The van der Waals surface area contributed by atoms with Crippen LogP contribution in [0.1, 0.15) is 25.8 Å². The molecule has 1 aromatic carbocycles. The van der Waals surface area contributed by atoms with Gasteiger partial charge in [-0.3, -0.25) is 0 Å². The number of nitrogens with one attached hydrogen (secondary N) is 2. The molecule has 0 bridgehead atoms. The van der Waals surface area contributed by atoms with E-state index in [2.05, 4.69) is 24.1 Å². The van der Waals surface area contributed by atoms with Gasteiger partial charge in [-0.2, -0.15) is 0 Å². The summed E-state index contributed by atoms with van der Waals surface area (Å²) in [6.45, 7) is 5.35. The molecule has 3 N–H and O–H groups in total. The third-order valence-corrected chi connectivity index (χ3v) is 3.25. The fourth-order valence-electron chi connectivity index (χ4n) is 1.97. The van der Waals surface area contributed by atoms with E-state index >= 15 is 0 Å². The van der Waals surface area contributed by atoms with E-state index in [9.17, 15) is 5.11 Å². The van der Waals surface area contributed by atoms with E-state index in [0.717, 1.165) is 30.3 Å². The Morgan fingerprint density at radius 1 is 1.41 bits per heavy atom. The number of phenolic OH excluding ortho intramolecular Hbond substituents is 1. The Balaban J connectivity index is 2.06. The zero-order valence-electron chi connectivity index (χ0n) is 10.5. The summed E-state index contributed by atoms with van der Waals surface area (Å²) in [5, 5.41) is 14.1. The van der Waals surface area contributed by atoms with Crippen molar-refractivity contribution in [2.45, 2.75) is 32.7 Å². The highest BCUT2D eigenvalue weighted by Crippen LogP contribution is 2.22. The number of fused-ring (bicyclic) bond motifs is 1. The normalized spacial score (nSPS) is 13.1. The smallest absolute Gasteiger partial charge is 0.116 e. The molecule has 0 radical (unpaired) electrons. The van der Waals surface area contributed by atoms with Gasteiger partial charge < -0.3 is 15.4 Å². The lowest BCUT2D eigenvalue weighted by Gasteiger charge is -2.10. The molecule has 1 heterocycles. The van der Waals surface area contributed by atoms with Crippen LogP contribution in [0.3, 0.4) is 0 Å². The van der Waals surface area contributed by atoms with E-state index < -0.39 is 0 Å². The molecule has 92 valence electrons. The van der Waals surface area contributed by atoms with Crippen LogP contribution in [0.4, 0.5) is 0 Å². The Morgan fingerprint density at radius 2 is 2.24 bits per heavy atom. The summed E-state index contributed by atoms with van der Waals surface area (Å²) in [6.07, 6.45) is 4.16. The first-order chi connectivity index (χ1) is 8.20. The Bertz CT molecular complexity index is 490. The average Bonchev–Trinajstić information content (AvgIpc) is 2.72. The van der Waals surface area contributed by atoms with Gasteiger partial charge in [0, 0.05) is 23.1 Å². The maximum absolute atomic E-state index is 9.50. The molecular weight excluding hydrogens is 212 g/mol. The number of phenols is 1. The summed E-state index contributed by atoms with van der Waals surface area (Å²) in [4.78, 5) is 3.23. The fourth-order valence-corrected chi connectivity index (χ4v) is 1.97. The number of H-pyrrole nitrogens is 1. The number of hydrogen-bond acceptors (Lipinski definition) is 2. The average molecular weight is 232 g/mol. The number of aromatic hydroxyl groups is 1. The summed E-state index contributed by atoms with van der Waals surface area (Å²) in [7, 11) is 0. The van der Waals surface area contributed by atoms with Crippen LogP contribution in [0.5, 0.6) is 5.75 Å². The molecule has 1 aromatic heterocycles. The maximum Gasteiger partial charge on any atom is 0.116 e. The molecule has 2 aromatic rings. The largest absolute Gasteiger partial charge is 0.508 e. The minimum atomic E-state index is 0.327. The SMILES string of the molecule is CCC(C)NCCc1c[nH]c2ccc(O)cc12. The number of hydrogen-bond donors (Lipinski definition) is 3. The van der Waals surface area contributed by atoms with Gasteiger partial charge in [0.25, 0.3) is 0 Å². The fraction of sp³-hybridized carbons (Fsp3) is 0.429. The van der Waals surface area contributed by atoms with E-state index in [4.69, 9.17) is 0 Å². The van der Waals surface area contributed by atoms with Crippen molar-refractivity contribution in [1.82, 2.24) is 10.3 Å². The van der Waals surface area contributed by atoms with Crippen molar-refractivity contribution in [2.75, 3.05) is 6.54 Å². The number of aromatic amines is 1. The van der Waals surface area contributed by atoms with Gasteiger partial charge in [0.2, 0.25) is 0 Å². The molecule has 0 aliphatic rings. The summed E-state index contributed by atoms with van der Waals surface area (Å²) in [5.74, 6) is 0.327. The van der Waals surface area contributed by atoms with Crippen molar-refractivity contribution in [3.8, 4) is 5.75 Å². The molecule has 0 saturated heterocycles. The van der Waals surface area contributed by atoms with Gasteiger partial charge in [0.15, 0.2) is 0 Å². The second-order valence-corrected chi connectivity index (χ2v) is 4.56. The molecule has 0 aliphatic heterocycles. The summed E-state index contributed by atoms with van der Waals surface area (Å²) in [5.41, 5.74) is 2.34. The van der Waals surface area contributed by atoms with E-state index in [1.165, 1.54) is 5.56 Å². The Kier molecular flexibility index (Phi) is 3.69. The van der Waals surface area contributed by atoms with Gasteiger partial charge in [-0.1, -0.05) is 6.92 Å². The molecule has 1 atom stereocenters. The number of aromatic nitrogens is 1. The molecular formula is C14H20N2O. The minimum Gasteiger partial charge on any atom is -0.508 e. The molecule has 0 spiro atoms. The Morgan fingerprint density at radius 3 is 3.00 bits per heavy atom. The predicted octanol–water partition coefficient (Wildman–Crippen LogP) is 2.80. The van der Waals surface area contributed by atoms with Gasteiger partial charge in [-0.15, -0.1) is 0 Å². The quantitative estimate of drug-likeness (QED) is 0.742. The third-order valence-electron chi connectivity index (χ3n) is 3.25. The molecule has 0 fully saturated rings. The van der Waals surface area contributed by atoms with E-state index in [0.29, 0.717) is 11.8 Å². The van der Waals surface area contributed by atoms with Crippen LogP contribution in [0, 0.1) is 0 Å².